The van der Waals surface area contributed by atoms with E-state index in [1.54, 1.807) is 0 Å². The van der Waals surface area contributed by atoms with Crippen molar-refractivity contribution in [3.8, 4) is 5.75 Å². The summed E-state index contributed by atoms with van der Waals surface area (Å²) in [5.74, 6) is -0.867. The van der Waals surface area contributed by atoms with Crippen LogP contribution in [0.25, 0.3) is 0 Å². The molecule has 1 aliphatic heterocycles. The van der Waals surface area contributed by atoms with Crippen molar-refractivity contribution in [2.24, 2.45) is 5.73 Å². The van der Waals surface area contributed by atoms with Gasteiger partial charge in [0.2, 0.25) is 5.91 Å². The van der Waals surface area contributed by atoms with Gasteiger partial charge in [0.05, 0.1) is 0 Å². The van der Waals surface area contributed by atoms with E-state index in [2.05, 4.69) is 0 Å². The van der Waals surface area contributed by atoms with E-state index >= 15 is 0 Å². The van der Waals surface area contributed by atoms with E-state index in [1.165, 1.54) is 23.1 Å². The highest BCUT2D eigenvalue weighted by atomic mass is 16.3. The van der Waals surface area contributed by atoms with E-state index in [-0.39, 0.29) is 31.0 Å². The lowest BCUT2D eigenvalue weighted by Gasteiger charge is -2.24. The number of hydrogen-bond donors (Lipinski definition) is 2. The van der Waals surface area contributed by atoms with Crippen molar-refractivity contribution in [1.29, 1.82) is 0 Å². The summed E-state index contributed by atoms with van der Waals surface area (Å²) >= 11 is 0. The molecule has 1 aromatic carbocycles. The number of carbonyl (C=O) groups excluding carboxylic acids is 3. The number of phenolic OH excluding ortho intramolecular Hbond substituents is 1. The molecule has 3 N–H and O–H groups in total. The Balaban J connectivity index is 2.25. The van der Waals surface area contributed by atoms with Crippen LogP contribution in [-0.2, 0) is 16.1 Å². The number of aromatic hydroxyl groups is 1. The highest BCUT2D eigenvalue weighted by molar-refractivity contribution is 6.01. The number of phenols is 1. The van der Waals surface area contributed by atoms with Gasteiger partial charge in [-0.15, -0.1) is 0 Å². The number of carbonyl (C=O) groups is 3. The van der Waals surface area contributed by atoms with Gasteiger partial charge >= 0.3 is 0 Å². The second-order valence-corrected chi connectivity index (χ2v) is 4.44. The van der Waals surface area contributed by atoms with Crippen LogP contribution in [0.15, 0.2) is 18.2 Å². The van der Waals surface area contributed by atoms with Crippen LogP contribution in [0.4, 0.5) is 0 Å². The molecule has 19 heavy (non-hydrogen) atoms. The molecule has 1 atom stereocenters. The van der Waals surface area contributed by atoms with E-state index in [4.69, 9.17) is 5.73 Å². The van der Waals surface area contributed by atoms with Crippen LogP contribution < -0.4 is 5.73 Å². The summed E-state index contributed by atoms with van der Waals surface area (Å²) in [6.07, 6.45) is 1.07. The van der Waals surface area contributed by atoms with Gasteiger partial charge in [-0.05, 0) is 30.2 Å². The second-order valence-electron chi connectivity index (χ2n) is 4.44. The number of aldehydes is 1. The van der Waals surface area contributed by atoms with Gasteiger partial charge in [0.1, 0.15) is 18.1 Å². The van der Waals surface area contributed by atoms with Crippen molar-refractivity contribution >= 4 is 18.1 Å². The number of rotatable bonds is 5. The molecule has 0 bridgehead atoms. The molecule has 6 nitrogen and oxygen atoms in total. The van der Waals surface area contributed by atoms with Gasteiger partial charge in [0, 0.05) is 18.5 Å². The van der Waals surface area contributed by atoms with Crippen LogP contribution >= 0.6 is 0 Å². The van der Waals surface area contributed by atoms with Crippen molar-refractivity contribution in [1.82, 2.24) is 4.90 Å². The molecular weight excluding hydrogens is 248 g/mol. The molecule has 0 spiro atoms. The highest BCUT2D eigenvalue weighted by Crippen LogP contribution is 2.28. The molecule has 2 amide bonds. The lowest BCUT2D eigenvalue weighted by molar-refractivity contribution is -0.122. The standard InChI is InChI=1S/C13H14N2O4/c14-12(18)11(2-1-5-16)15-7-8-6-9(17)3-4-10(8)13(15)19/h3-6,11,17H,1-2,7H2,(H2,14,18). The van der Waals surface area contributed by atoms with E-state index in [0.29, 0.717) is 17.4 Å². The molecular formula is C13H14N2O4. The third-order valence-corrected chi connectivity index (χ3v) is 3.18. The maximum Gasteiger partial charge on any atom is 0.255 e. The van der Waals surface area contributed by atoms with E-state index in [1.807, 2.05) is 0 Å². The Morgan fingerprint density at radius 3 is 2.89 bits per heavy atom. The Morgan fingerprint density at radius 2 is 2.26 bits per heavy atom. The largest absolute Gasteiger partial charge is 0.508 e. The molecule has 100 valence electrons. The SMILES string of the molecule is NC(=O)C(CCC=O)N1Cc2cc(O)ccc2C1=O. The minimum absolute atomic E-state index is 0.0666. The molecule has 0 saturated carbocycles. The number of hydrogen-bond acceptors (Lipinski definition) is 4. The minimum atomic E-state index is -0.799. The van der Waals surface area contributed by atoms with Gasteiger partial charge < -0.3 is 20.5 Å². The summed E-state index contributed by atoms with van der Waals surface area (Å²) < 4.78 is 0. The normalized spacial score (nSPS) is 15.2. The number of benzene rings is 1. The lowest BCUT2D eigenvalue weighted by Crippen LogP contribution is -2.44. The van der Waals surface area contributed by atoms with Gasteiger partial charge in [0.15, 0.2) is 0 Å². The van der Waals surface area contributed by atoms with E-state index in [0.717, 1.165) is 0 Å². The predicted octanol–water partition coefficient (Wildman–Crippen LogP) is 0.181. The lowest BCUT2D eigenvalue weighted by atomic mass is 10.1. The Hall–Kier alpha value is -2.37. The Labute approximate surface area is 109 Å². The third-order valence-electron chi connectivity index (χ3n) is 3.18. The van der Waals surface area contributed by atoms with Crippen LogP contribution in [0.2, 0.25) is 0 Å². The maximum absolute atomic E-state index is 12.2. The molecule has 0 fully saturated rings. The van der Waals surface area contributed by atoms with E-state index < -0.39 is 11.9 Å². The van der Waals surface area contributed by atoms with Crippen molar-refractivity contribution in [3.05, 3.63) is 29.3 Å². The van der Waals surface area contributed by atoms with Crippen LogP contribution in [0, 0.1) is 0 Å². The molecule has 0 aromatic heterocycles. The summed E-state index contributed by atoms with van der Waals surface area (Å²) in [6, 6.07) is 3.63. The zero-order valence-electron chi connectivity index (χ0n) is 10.2. The van der Waals surface area contributed by atoms with E-state index in [9.17, 15) is 19.5 Å². The topological polar surface area (TPSA) is 101 Å². The summed E-state index contributed by atoms with van der Waals surface area (Å²) in [5.41, 5.74) is 6.39. The van der Waals surface area contributed by atoms with Gasteiger partial charge in [0.25, 0.3) is 5.91 Å². The molecule has 0 radical (unpaired) electrons. The number of fused-ring (bicyclic) bond motifs is 1. The second kappa shape index (κ2) is 5.09. The monoisotopic (exact) mass is 262 g/mol. The summed E-state index contributed by atoms with van der Waals surface area (Å²) in [4.78, 5) is 35.3. The number of nitrogens with zero attached hydrogens (tertiary/aromatic N) is 1. The molecule has 1 aliphatic rings. The quantitative estimate of drug-likeness (QED) is 0.739. The molecule has 6 heteroatoms. The summed E-state index contributed by atoms with van der Waals surface area (Å²) in [7, 11) is 0. The Kier molecular flexibility index (Phi) is 3.50. The fraction of sp³-hybridized carbons (Fsp3) is 0.308. The van der Waals surface area contributed by atoms with Gasteiger partial charge in [-0.3, -0.25) is 9.59 Å². The zero-order valence-corrected chi connectivity index (χ0v) is 10.2. The fourth-order valence-electron chi connectivity index (χ4n) is 2.26. The average Bonchev–Trinajstić information content (AvgIpc) is 2.66. The first-order chi connectivity index (χ1) is 9.04. The first-order valence-corrected chi connectivity index (χ1v) is 5.90. The minimum Gasteiger partial charge on any atom is -0.508 e. The Morgan fingerprint density at radius 1 is 1.53 bits per heavy atom. The van der Waals surface area contributed by atoms with Crippen molar-refractivity contribution in [2.45, 2.75) is 25.4 Å². The highest BCUT2D eigenvalue weighted by Gasteiger charge is 2.35. The smallest absolute Gasteiger partial charge is 0.255 e. The van der Waals surface area contributed by atoms with Crippen LogP contribution in [0.5, 0.6) is 5.75 Å². The molecule has 1 aromatic rings. The maximum atomic E-state index is 12.2. The summed E-state index contributed by atoms with van der Waals surface area (Å²) in [5, 5.41) is 9.39. The van der Waals surface area contributed by atoms with Crippen molar-refractivity contribution < 1.29 is 19.5 Å². The third kappa shape index (κ3) is 2.42. The first-order valence-electron chi connectivity index (χ1n) is 5.90. The summed E-state index contributed by atoms with van der Waals surface area (Å²) in [6.45, 7) is 0.217. The Bertz CT molecular complexity index is 541. The van der Waals surface area contributed by atoms with Crippen LogP contribution in [0.1, 0.15) is 28.8 Å². The number of amides is 2. The molecule has 0 aliphatic carbocycles. The molecule has 1 heterocycles. The van der Waals surface area contributed by atoms with Gasteiger partial charge in [-0.2, -0.15) is 0 Å². The van der Waals surface area contributed by atoms with Crippen molar-refractivity contribution in [3.63, 3.8) is 0 Å². The number of primary amides is 1. The van der Waals surface area contributed by atoms with Gasteiger partial charge in [-0.1, -0.05) is 0 Å². The zero-order chi connectivity index (χ0) is 14.0. The molecule has 1 unspecified atom stereocenters. The van der Waals surface area contributed by atoms with Crippen LogP contribution in [-0.4, -0.2) is 34.1 Å². The number of nitrogens with two attached hydrogens (primary N) is 1. The van der Waals surface area contributed by atoms with Crippen LogP contribution in [0.3, 0.4) is 0 Å². The average molecular weight is 262 g/mol. The van der Waals surface area contributed by atoms with Gasteiger partial charge in [-0.25, -0.2) is 0 Å². The fourth-order valence-corrected chi connectivity index (χ4v) is 2.26. The van der Waals surface area contributed by atoms with Crippen molar-refractivity contribution in [2.75, 3.05) is 0 Å². The predicted molar refractivity (Wildman–Crippen MR) is 66.3 cm³/mol. The molecule has 2 rings (SSSR count). The molecule has 0 saturated heterocycles. The first kappa shape index (κ1) is 13.1.